The lowest BCUT2D eigenvalue weighted by molar-refractivity contribution is 0.145. The van der Waals surface area contributed by atoms with E-state index in [0.717, 1.165) is 37.7 Å². The van der Waals surface area contributed by atoms with Gasteiger partial charge in [-0.3, -0.25) is 0 Å². The molecule has 0 heterocycles. The lowest BCUT2D eigenvalue weighted by Gasteiger charge is -2.12. The van der Waals surface area contributed by atoms with Crippen LogP contribution in [0.5, 0.6) is 0 Å². The molecule has 0 spiro atoms. The third-order valence-corrected chi connectivity index (χ3v) is 3.79. The van der Waals surface area contributed by atoms with Gasteiger partial charge in [-0.25, -0.2) is 0 Å². The standard InChI is InChI=1S/C14H22ClNOS/c1-3-17-10-4-9-16-11-12(2)18-14-7-5-13(15)6-8-14/h5-8,12,16H,3-4,9-11H2,1-2H3. The van der Waals surface area contributed by atoms with Crippen molar-refractivity contribution >= 4 is 23.4 Å². The predicted octanol–water partition coefficient (Wildman–Crippen LogP) is 3.84. The molecule has 0 fully saturated rings. The van der Waals surface area contributed by atoms with E-state index in [4.69, 9.17) is 16.3 Å². The Morgan fingerprint density at radius 1 is 1.33 bits per heavy atom. The fraction of sp³-hybridized carbons (Fsp3) is 0.571. The fourth-order valence-corrected chi connectivity index (χ4v) is 2.62. The van der Waals surface area contributed by atoms with E-state index in [-0.39, 0.29) is 0 Å². The highest BCUT2D eigenvalue weighted by Crippen LogP contribution is 2.24. The van der Waals surface area contributed by atoms with Crippen LogP contribution in [0.25, 0.3) is 0 Å². The summed E-state index contributed by atoms with van der Waals surface area (Å²) in [4.78, 5) is 1.27. The molecule has 0 saturated carbocycles. The Morgan fingerprint density at radius 3 is 2.72 bits per heavy atom. The first kappa shape index (κ1) is 15.8. The third kappa shape index (κ3) is 7.27. The Morgan fingerprint density at radius 2 is 2.06 bits per heavy atom. The van der Waals surface area contributed by atoms with Crippen molar-refractivity contribution in [1.29, 1.82) is 0 Å². The topological polar surface area (TPSA) is 21.3 Å². The maximum absolute atomic E-state index is 5.86. The van der Waals surface area contributed by atoms with E-state index in [2.05, 4.69) is 24.4 Å². The van der Waals surface area contributed by atoms with E-state index in [9.17, 15) is 0 Å². The highest BCUT2D eigenvalue weighted by molar-refractivity contribution is 8.00. The number of ether oxygens (including phenoxy) is 1. The monoisotopic (exact) mass is 287 g/mol. The van der Waals surface area contributed by atoms with E-state index in [1.807, 2.05) is 30.8 Å². The van der Waals surface area contributed by atoms with Crippen LogP contribution in [0.15, 0.2) is 29.2 Å². The number of thioether (sulfide) groups is 1. The van der Waals surface area contributed by atoms with Crippen molar-refractivity contribution in [2.45, 2.75) is 30.4 Å². The molecule has 18 heavy (non-hydrogen) atoms. The molecule has 0 amide bonds. The van der Waals surface area contributed by atoms with Gasteiger partial charge in [-0.15, -0.1) is 11.8 Å². The molecular weight excluding hydrogens is 266 g/mol. The van der Waals surface area contributed by atoms with E-state index in [0.29, 0.717) is 5.25 Å². The number of hydrogen-bond acceptors (Lipinski definition) is 3. The van der Waals surface area contributed by atoms with Gasteiger partial charge in [0.05, 0.1) is 0 Å². The maximum Gasteiger partial charge on any atom is 0.0477 e. The van der Waals surface area contributed by atoms with Crippen LogP contribution in [0, 0.1) is 0 Å². The van der Waals surface area contributed by atoms with Gasteiger partial charge < -0.3 is 10.1 Å². The van der Waals surface area contributed by atoms with Crippen molar-refractivity contribution in [1.82, 2.24) is 5.32 Å². The number of nitrogens with one attached hydrogen (secondary N) is 1. The predicted molar refractivity (Wildman–Crippen MR) is 80.8 cm³/mol. The molecule has 1 unspecified atom stereocenters. The molecule has 1 aromatic rings. The summed E-state index contributed by atoms with van der Waals surface area (Å²) in [5.41, 5.74) is 0. The van der Waals surface area contributed by atoms with Crippen molar-refractivity contribution in [3.8, 4) is 0 Å². The molecule has 0 aromatic heterocycles. The summed E-state index contributed by atoms with van der Waals surface area (Å²) in [6, 6.07) is 8.01. The van der Waals surface area contributed by atoms with Crippen LogP contribution in [0.1, 0.15) is 20.3 Å². The fourth-order valence-electron chi connectivity index (χ4n) is 1.54. The molecule has 2 nitrogen and oxygen atoms in total. The molecule has 0 aliphatic carbocycles. The largest absolute Gasteiger partial charge is 0.382 e. The van der Waals surface area contributed by atoms with Gasteiger partial charge >= 0.3 is 0 Å². The normalized spacial score (nSPS) is 12.6. The van der Waals surface area contributed by atoms with Crippen LogP contribution in [0.3, 0.4) is 0 Å². The molecule has 102 valence electrons. The Balaban J connectivity index is 2.10. The van der Waals surface area contributed by atoms with Crippen molar-refractivity contribution in [2.24, 2.45) is 0 Å². The van der Waals surface area contributed by atoms with E-state index in [1.165, 1.54) is 4.90 Å². The minimum atomic E-state index is 0.554. The van der Waals surface area contributed by atoms with Gasteiger partial charge in [-0.1, -0.05) is 18.5 Å². The second-order valence-electron chi connectivity index (χ2n) is 4.14. The molecule has 0 aliphatic heterocycles. The molecule has 0 bridgehead atoms. The molecule has 0 aliphatic rings. The minimum absolute atomic E-state index is 0.554. The summed E-state index contributed by atoms with van der Waals surface area (Å²) in [6.45, 7) is 7.95. The molecular formula is C14H22ClNOS. The molecule has 1 atom stereocenters. The number of benzene rings is 1. The van der Waals surface area contributed by atoms with Crippen LogP contribution >= 0.6 is 23.4 Å². The molecule has 1 aromatic carbocycles. The Kier molecular flexibility index (Phi) is 8.51. The summed E-state index contributed by atoms with van der Waals surface area (Å²) < 4.78 is 5.29. The third-order valence-electron chi connectivity index (χ3n) is 2.43. The highest BCUT2D eigenvalue weighted by atomic mass is 35.5. The van der Waals surface area contributed by atoms with Gasteiger partial charge in [0, 0.05) is 34.9 Å². The zero-order valence-electron chi connectivity index (χ0n) is 11.1. The SMILES string of the molecule is CCOCCCNCC(C)Sc1ccc(Cl)cc1. The summed E-state index contributed by atoms with van der Waals surface area (Å²) in [5.74, 6) is 0. The first-order valence-electron chi connectivity index (χ1n) is 6.43. The highest BCUT2D eigenvalue weighted by Gasteiger charge is 2.03. The van der Waals surface area contributed by atoms with Gasteiger partial charge in [0.1, 0.15) is 0 Å². The van der Waals surface area contributed by atoms with Crippen molar-refractivity contribution in [3.05, 3.63) is 29.3 Å². The summed E-state index contributed by atoms with van der Waals surface area (Å²) in [7, 11) is 0. The number of hydrogen-bond donors (Lipinski definition) is 1. The number of halogens is 1. The van der Waals surface area contributed by atoms with E-state index in [1.54, 1.807) is 0 Å². The summed E-state index contributed by atoms with van der Waals surface area (Å²) >= 11 is 7.73. The molecule has 4 heteroatoms. The van der Waals surface area contributed by atoms with Crippen molar-refractivity contribution < 1.29 is 4.74 Å². The van der Waals surface area contributed by atoms with Crippen LogP contribution in [0.4, 0.5) is 0 Å². The smallest absolute Gasteiger partial charge is 0.0477 e. The second kappa shape index (κ2) is 9.68. The van der Waals surface area contributed by atoms with Gasteiger partial charge in [0.15, 0.2) is 0 Å². The zero-order chi connectivity index (χ0) is 13.2. The lowest BCUT2D eigenvalue weighted by atomic mass is 10.4. The Labute approximate surface area is 119 Å². The van der Waals surface area contributed by atoms with Crippen LogP contribution in [0.2, 0.25) is 5.02 Å². The van der Waals surface area contributed by atoms with Gasteiger partial charge in [0.25, 0.3) is 0 Å². The van der Waals surface area contributed by atoms with Crippen molar-refractivity contribution in [3.63, 3.8) is 0 Å². The summed E-state index contributed by atoms with van der Waals surface area (Å²) in [6.07, 6.45) is 1.08. The Hall–Kier alpha value is -0.220. The average Bonchev–Trinajstić information content (AvgIpc) is 2.36. The van der Waals surface area contributed by atoms with E-state index >= 15 is 0 Å². The average molecular weight is 288 g/mol. The lowest BCUT2D eigenvalue weighted by Crippen LogP contribution is -2.24. The summed E-state index contributed by atoms with van der Waals surface area (Å²) in [5, 5.41) is 4.80. The van der Waals surface area contributed by atoms with Crippen LogP contribution in [-0.4, -0.2) is 31.6 Å². The van der Waals surface area contributed by atoms with Gasteiger partial charge in [-0.2, -0.15) is 0 Å². The van der Waals surface area contributed by atoms with Crippen LogP contribution in [-0.2, 0) is 4.74 Å². The zero-order valence-corrected chi connectivity index (χ0v) is 12.7. The van der Waals surface area contributed by atoms with Gasteiger partial charge in [-0.05, 0) is 44.2 Å². The van der Waals surface area contributed by atoms with E-state index < -0.39 is 0 Å². The minimum Gasteiger partial charge on any atom is -0.382 e. The first-order valence-corrected chi connectivity index (χ1v) is 7.68. The molecule has 0 saturated heterocycles. The Bertz CT molecular complexity index is 318. The van der Waals surface area contributed by atoms with Crippen molar-refractivity contribution in [2.75, 3.05) is 26.3 Å². The van der Waals surface area contributed by atoms with Crippen LogP contribution < -0.4 is 5.32 Å². The van der Waals surface area contributed by atoms with Gasteiger partial charge in [0.2, 0.25) is 0 Å². The molecule has 1 N–H and O–H groups in total. The second-order valence-corrected chi connectivity index (χ2v) is 6.09. The molecule has 0 radical (unpaired) electrons. The first-order chi connectivity index (χ1) is 8.72. The molecule has 1 rings (SSSR count). The quantitative estimate of drug-likeness (QED) is 0.551. The maximum atomic E-state index is 5.86. The number of rotatable bonds is 9.